The van der Waals surface area contributed by atoms with E-state index in [0.717, 1.165) is 48.2 Å². The fraction of sp³-hybridized carbons (Fsp3) is 0.412. The Morgan fingerprint density at radius 2 is 2.04 bits per heavy atom. The predicted octanol–water partition coefficient (Wildman–Crippen LogP) is 4.15. The van der Waals surface area contributed by atoms with Gasteiger partial charge in [-0.15, -0.1) is 11.3 Å². The number of aryl methyl sites for hydroxylation is 1. The molecule has 0 spiro atoms. The van der Waals surface area contributed by atoms with Gasteiger partial charge in [0.2, 0.25) is 5.84 Å². The van der Waals surface area contributed by atoms with Gasteiger partial charge >= 0.3 is 0 Å². The van der Waals surface area contributed by atoms with E-state index in [1.165, 1.54) is 18.4 Å². The molecule has 1 aromatic heterocycles. The molecule has 0 N–H and O–H groups in total. The Hall–Kier alpha value is -2.02. The molecule has 1 heterocycles. The lowest BCUT2D eigenvalue weighted by atomic mass is 10.2. The number of unbranched alkanes of at least 4 members (excludes halogenated alkanes) is 1. The zero-order valence-corrected chi connectivity index (χ0v) is 15.1. The van der Waals surface area contributed by atoms with Crippen molar-refractivity contribution in [2.45, 2.75) is 40.2 Å². The van der Waals surface area contributed by atoms with Crippen LogP contribution in [0.15, 0.2) is 28.3 Å². The minimum absolute atomic E-state index is 0.0148. The van der Waals surface area contributed by atoms with Crippen LogP contribution in [0.25, 0.3) is 0 Å². The fourth-order valence-corrected chi connectivity index (χ4v) is 3.24. The second-order valence-electron chi connectivity index (χ2n) is 5.36. The van der Waals surface area contributed by atoms with E-state index in [0.29, 0.717) is 4.80 Å². The maximum atomic E-state index is 14.1. The average Bonchev–Trinajstić information content (AvgIpc) is 2.81. The summed E-state index contributed by atoms with van der Waals surface area (Å²) >= 11 is 1.49. The molecule has 0 saturated heterocycles. The third kappa shape index (κ3) is 4.08. The Kier molecular flexibility index (Phi) is 6.25. The molecule has 0 fully saturated rings. The largest absolute Gasteiger partial charge is 0.397 e. The van der Waals surface area contributed by atoms with E-state index in [1.807, 2.05) is 13.8 Å². The molecule has 0 aliphatic carbocycles. The molecule has 24 heavy (non-hydrogen) atoms. The fourth-order valence-electron chi connectivity index (χ4n) is 2.24. The number of oxime groups is 1. The van der Waals surface area contributed by atoms with Crippen LogP contribution < -0.4 is 4.80 Å². The molecular formula is C17H21F2N3OS. The molecule has 1 aromatic carbocycles. The summed E-state index contributed by atoms with van der Waals surface area (Å²) < 4.78 is 29.6. The first-order valence-electron chi connectivity index (χ1n) is 7.76. The van der Waals surface area contributed by atoms with Gasteiger partial charge in [-0.1, -0.05) is 18.5 Å². The summed E-state index contributed by atoms with van der Waals surface area (Å²) in [7, 11) is 1.35. The Labute approximate surface area is 144 Å². The summed E-state index contributed by atoms with van der Waals surface area (Å²) in [5.74, 6) is -1.13. The van der Waals surface area contributed by atoms with Crippen LogP contribution in [-0.2, 0) is 11.4 Å². The Balaban J connectivity index is 2.59. The van der Waals surface area contributed by atoms with Gasteiger partial charge in [-0.3, -0.25) is 0 Å². The van der Waals surface area contributed by atoms with Crippen molar-refractivity contribution in [1.29, 1.82) is 0 Å². The SMILES string of the molecule is CCCCn1c(C)c(C)sc1=NC(=NOC)c1cc(F)ccc1F. The molecule has 130 valence electrons. The van der Waals surface area contributed by atoms with Gasteiger partial charge in [-0.25, -0.2) is 8.78 Å². The minimum Gasteiger partial charge on any atom is -0.397 e. The number of thiazole rings is 1. The van der Waals surface area contributed by atoms with E-state index in [1.54, 1.807) is 0 Å². The van der Waals surface area contributed by atoms with Crippen LogP contribution in [-0.4, -0.2) is 17.5 Å². The van der Waals surface area contributed by atoms with Crippen molar-refractivity contribution in [3.8, 4) is 0 Å². The average molecular weight is 353 g/mol. The Morgan fingerprint density at radius 1 is 1.29 bits per heavy atom. The second kappa shape index (κ2) is 8.19. The molecule has 0 unspecified atom stereocenters. The van der Waals surface area contributed by atoms with Crippen LogP contribution in [0.3, 0.4) is 0 Å². The monoisotopic (exact) mass is 353 g/mol. The quantitative estimate of drug-likeness (QED) is 0.452. The number of nitrogens with zero attached hydrogens (tertiary/aromatic N) is 3. The molecule has 0 aliphatic heterocycles. The first-order valence-corrected chi connectivity index (χ1v) is 8.57. The highest BCUT2D eigenvalue weighted by Crippen LogP contribution is 2.14. The van der Waals surface area contributed by atoms with E-state index in [-0.39, 0.29) is 11.4 Å². The van der Waals surface area contributed by atoms with Crippen molar-refractivity contribution >= 4 is 17.2 Å². The number of hydrogen-bond donors (Lipinski definition) is 0. The summed E-state index contributed by atoms with van der Waals surface area (Å²) in [5, 5.41) is 3.79. The van der Waals surface area contributed by atoms with Gasteiger partial charge in [0, 0.05) is 17.1 Å². The van der Waals surface area contributed by atoms with Crippen molar-refractivity contribution in [3.63, 3.8) is 0 Å². The van der Waals surface area contributed by atoms with Crippen LogP contribution in [0.4, 0.5) is 8.78 Å². The number of halogens is 2. The molecule has 0 amide bonds. The maximum absolute atomic E-state index is 14.1. The first-order chi connectivity index (χ1) is 11.5. The number of hydrogen-bond acceptors (Lipinski definition) is 3. The minimum atomic E-state index is -0.596. The summed E-state index contributed by atoms with van der Waals surface area (Å²) in [6, 6.07) is 3.19. The normalized spacial score (nSPS) is 12.8. The molecule has 0 atom stereocenters. The van der Waals surface area contributed by atoms with Crippen molar-refractivity contribution in [2.75, 3.05) is 7.11 Å². The van der Waals surface area contributed by atoms with E-state index in [2.05, 4.69) is 21.6 Å². The van der Waals surface area contributed by atoms with E-state index >= 15 is 0 Å². The third-order valence-electron chi connectivity index (χ3n) is 3.67. The molecular weight excluding hydrogens is 332 g/mol. The first kappa shape index (κ1) is 18.3. The Bertz CT molecular complexity index is 809. The van der Waals surface area contributed by atoms with Crippen LogP contribution in [0.1, 0.15) is 35.9 Å². The van der Waals surface area contributed by atoms with Crippen molar-refractivity contribution in [2.24, 2.45) is 10.1 Å². The van der Waals surface area contributed by atoms with Gasteiger partial charge in [-0.2, -0.15) is 4.99 Å². The molecule has 0 bridgehead atoms. The van der Waals surface area contributed by atoms with Crippen molar-refractivity contribution in [1.82, 2.24) is 4.57 Å². The van der Waals surface area contributed by atoms with Gasteiger partial charge in [-0.05, 0) is 38.5 Å². The van der Waals surface area contributed by atoms with Crippen molar-refractivity contribution < 1.29 is 13.6 Å². The third-order valence-corrected chi connectivity index (χ3v) is 4.77. The molecule has 7 heteroatoms. The second-order valence-corrected chi connectivity index (χ2v) is 6.55. The maximum Gasteiger partial charge on any atom is 0.204 e. The van der Waals surface area contributed by atoms with Crippen LogP contribution in [0.2, 0.25) is 0 Å². The lowest BCUT2D eigenvalue weighted by Crippen LogP contribution is -2.19. The zero-order chi connectivity index (χ0) is 17.7. The summed E-state index contributed by atoms with van der Waals surface area (Å²) in [6.45, 7) is 6.97. The summed E-state index contributed by atoms with van der Waals surface area (Å²) in [6.07, 6.45) is 2.06. The molecule has 4 nitrogen and oxygen atoms in total. The van der Waals surface area contributed by atoms with Gasteiger partial charge in [0.15, 0.2) is 4.80 Å². The Morgan fingerprint density at radius 3 is 2.71 bits per heavy atom. The van der Waals surface area contributed by atoms with Gasteiger partial charge in [0.05, 0.1) is 5.56 Å². The molecule has 0 radical (unpaired) electrons. The highest BCUT2D eigenvalue weighted by atomic mass is 32.1. The van der Waals surface area contributed by atoms with E-state index in [9.17, 15) is 8.78 Å². The highest BCUT2D eigenvalue weighted by Gasteiger charge is 2.13. The lowest BCUT2D eigenvalue weighted by Gasteiger charge is -2.06. The number of amidine groups is 1. The van der Waals surface area contributed by atoms with Gasteiger partial charge < -0.3 is 9.40 Å². The van der Waals surface area contributed by atoms with E-state index in [4.69, 9.17) is 4.84 Å². The number of rotatable bonds is 5. The molecule has 2 aromatic rings. The smallest absolute Gasteiger partial charge is 0.204 e. The lowest BCUT2D eigenvalue weighted by molar-refractivity contribution is 0.213. The molecule has 0 saturated carbocycles. The van der Waals surface area contributed by atoms with Crippen LogP contribution >= 0.6 is 11.3 Å². The number of aromatic nitrogens is 1. The van der Waals surface area contributed by atoms with Crippen LogP contribution in [0.5, 0.6) is 0 Å². The molecule has 0 aliphatic rings. The topological polar surface area (TPSA) is 38.9 Å². The van der Waals surface area contributed by atoms with E-state index < -0.39 is 11.6 Å². The zero-order valence-electron chi connectivity index (χ0n) is 14.3. The number of benzene rings is 1. The van der Waals surface area contributed by atoms with Crippen LogP contribution in [0, 0.1) is 25.5 Å². The standard InChI is InChI=1S/C17H21F2N3OS/c1-5-6-9-22-11(2)12(3)24-17(22)20-16(21-23-4)14-10-13(18)7-8-15(14)19/h7-8,10H,5-6,9H2,1-4H3. The van der Waals surface area contributed by atoms with Gasteiger partial charge in [0.1, 0.15) is 18.7 Å². The van der Waals surface area contributed by atoms with Gasteiger partial charge in [0.25, 0.3) is 0 Å². The van der Waals surface area contributed by atoms with Crippen molar-refractivity contribution in [3.05, 3.63) is 50.8 Å². The summed E-state index contributed by atoms with van der Waals surface area (Å²) in [4.78, 5) is 11.1. The summed E-state index contributed by atoms with van der Waals surface area (Å²) in [5.41, 5.74) is 1.09. The molecule has 2 rings (SSSR count). The highest BCUT2D eigenvalue weighted by molar-refractivity contribution is 7.09. The predicted molar refractivity (Wildman–Crippen MR) is 92.2 cm³/mol.